The maximum Gasteiger partial charge on any atom is 0.338 e. The number of rotatable bonds is 6. The summed E-state index contributed by atoms with van der Waals surface area (Å²) < 4.78 is 5.11. The summed E-state index contributed by atoms with van der Waals surface area (Å²) in [6, 6.07) is 12.3. The van der Waals surface area contributed by atoms with Crippen molar-refractivity contribution in [3.8, 4) is 0 Å². The van der Waals surface area contributed by atoms with E-state index in [1.165, 1.54) is 24.4 Å². The van der Waals surface area contributed by atoms with Gasteiger partial charge in [0.25, 0.3) is 0 Å². The molecule has 0 radical (unpaired) electrons. The number of hydrogen-bond donors (Lipinski definition) is 0. The number of thiophene rings is 1. The lowest BCUT2D eigenvalue weighted by molar-refractivity contribution is -0.136. The van der Waals surface area contributed by atoms with Crippen LogP contribution in [0.4, 0.5) is 0 Å². The summed E-state index contributed by atoms with van der Waals surface area (Å²) in [5.74, 6) is 0.359. The van der Waals surface area contributed by atoms with Gasteiger partial charge in [0.1, 0.15) is 0 Å². The van der Waals surface area contributed by atoms with Crippen molar-refractivity contribution < 1.29 is 14.3 Å². The number of aliphatic imine (C=N–C) groups is 1. The van der Waals surface area contributed by atoms with E-state index in [0.717, 1.165) is 48.8 Å². The first-order valence-electron chi connectivity index (χ1n) is 11.9. The highest BCUT2D eigenvalue weighted by Crippen LogP contribution is 2.45. The summed E-state index contributed by atoms with van der Waals surface area (Å²) in [6.45, 7) is 3.43. The molecule has 1 unspecified atom stereocenters. The number of carbonyl (C=O) groups excluding carboxylic acids is 2. The molecule has 3 aliphatic rings. The predicted molar refractivity (Wildman–Crippen MR) is 141 cm³/mol. The van der Waals surface area contributed by atoms with Gasteiger partial charge >= 0.3 is 5.97 Å². The quantitative estimate of drug-likeness (QED) is 0.492. The second-order valence-corrected chi connectivity index (χ2v) is 10.7. The molecule has 182 valence electrons. The summed E-state index contributed by atoms with van der Waals surface area (Å²) >= 11 is 3.10. The van der Waals surface area contributed by atoms with Crippen LogP contribution in [0.25, 0.3) is 0 Å². The first kappa shape index (κ1) is 23.9. The topological polar surface area (TPSA) is 62.2 Å². The summed E-state index contributed by atoms with van der Waals surface area (Å²) in [5.41, 5.74) is 4.44. The Bertz CT molecular complexity index is 1180. The lowest BCUT2D eigenvalue weighted by Gasteiger charge is -2.37. The molecule has 1 amide bonds. The van der Waals surface area contributed by atoms with Crippen LogP contribution in [-0.2, 0) is 20.7 Å². The second-order valence-electron chi connectivity index (χ2n) is 9.13. The van der Waals surface area contributed by atoms with E-state index in [9.17, 15) is 9.59 Å². The Hall–Kier alpha value is -2.84. The molecule has 1 saturated heterocycles. The zero-order chi connectivity index (χ0) is 24.4. The first-order valence-corrected chi connectivity index (χ1v) is 13.7. The van der Waals surface area contributed by atoms with Gasteiger partial charge in [-0.15, -0.1) is 0 Å². The van der Waals surface area contributed by atoms with Crippen LogP contribution in [0.1, 0.15) is 43.4 Å². The number of methoxy groups -OCH3 is 1. The SMILES string of the molecule is COC(=O)C1=C(C)N=C2SC=C(CC(=O)N3CCC(Cc4ccccc4)CC3)N2C1c1ccsc1. The van der Waals surface area contributed by atoms with E-state index >= 15 is 0 Å². The van der Waals surface area contributed by atoms with Crippen LogP contribution in [0.2, 0.25) is 0 Å². The van der Waals surface area contributed by atoms with Crippen LogP contribution < -0.4 is 0 Å². The molecule has 0 N–H and O–H groups in total. The predicted octanol–water partition coefficient (Wildman–Crippen LogP) is 5.37. The van der Waals surface area contributed by atoms with Crippen LogP contribution in [-0.4, -0.2) is 47.0 Å². The van der Waals surface area contributed by atoms with Gasteiger partial charge in [-0.2, -0.15) is 11.3 Å². The van der Waals surface area contributed by atoms with Gasteiger partial charge in [0.2, 0.25) is 5.91 Å². The van der Waals surface area contributed by atoms with Crippen LogP contribution in [0.5, 0.6) is 0 Å². The lowest BCUT2D eigenvalue weighted by Crippen LogP contribution is -2.41. The maximum atomic E-state index is 13.3. The average Bonchev–Trinajstić information content (AvgIpc) is 3.54. The van der Waals surface area contributed by atoms with Crippen molar-refractivity contribution in [3.63, 3.8) is 0 Å². The second kappa shape index (κ2) is 10.4. The smallest absolute Gasteiger partial charge is 0.338 e. The van der Waals surface area contributed by atoms with Crippen molar-refractivity contribution in [1.29, 1.82) is 0 Å². The molecule has 0 saturated carbocycles. The average molecular weight is 508 g/mol. The molecular formula is C27H29N3O3S2. The summed E-state index contributed by atoms with van der Waals surface area (Å²) in [7, 11) is 1.40. The third-order valence-electron chi connectivity index (χ3n) is 6.93. The van der Waals surface area contributed by atoms with Gasteiger partial charge < -0.3 is 14.5 Å². The molecule has 0 aliphatic carbocycles. The van der Waals surface area contributed by atoms with E-state index in [0.29, 0.717) is 23.6 Å². The van der Waals surface area contributed by atoms with Gasteiger partial charge in [-0.05, 0) is 65.5 Å². The van der Waals surface area contributed by atoms with E-state index in [2.05, 4.69) is 29.3 Å². The molecule has 0 bridgehead atoms. The number of amides is 1. The van der Waals surface area contributed by atoms with Crippen molar-refractivity contribution in [2.45, 2.75) is 38.6 Å². The third kappa shape index (κ3) is 4.95. The zero-order valence-corrected chi connectivity index (χ0v) is 21.6. The lowest BCUT2D eigenvalue weighted by atomic mass is 9.90. The molecule has 1 atom stereocenters. The molecule has 1 aromatic carbocycles. The monoisotopic (exact) mass is 507 g/mol. The Balaban J connectivity index is 1.28. The summed E-state index contributed by atoms with van der Waals surface area (Å²) in [6.07, 6.45) is 3.42. The number of esters is 1. The van der Waals surface area contributed by atoms with E-state index in [4.69, 9.17) is 4.74 Å². The Morgan fingerprint density at radius 2 is 1.91 bits per heavy atom. The highest BCUT2D eigenvalue weighted by molar-refractivity contribution is 8.16. The highest BCUT2D eigenvalue weighted by Gasteiger charge is 2.41. The van der Waals surface area contributed by atoms with Crippen LogP contribution in [0.15, 0.2) is 74.5 Å². The Morgan fingerprint density at radius 3 is 2.60 bits per heavy atom. The molecule has 6 nitrogen and oxygen atoms in total. The minimum absolute atomic E-state index is 0.131. The zero-order valence-electron chi connectivity index (χ0n) is 20.0. The van der Waals surface area contributed by atoms with Crippen molar-refractivity contribution in [1.82, 2.24) is 9.80 Å². The molecule has 5 rings (SSSR count). The first-order chi connectivity index (χ1) is 17.0. The third-order valence-corrected chi connectivity index (χ3v) is 8.52. The number of amidine groups is 1. The minimum Gasteiger partial charge on any atom is -0.466 e. The number of carbonyl (C=O) groups is 2. The fourth-order valence-corrected chi connectivity index (χ4v) is 6.73. The van der Waals surface area contributed by atoms with Gasteiger partial charge in [-0.25, -0.2) is 9.79 Å². The number of thioether (sulfide) groups is 1. The molecule has 1 fully saturated rings. The fraction of sp³-hybridized carbons (Fsp3) is 0.370. The van der Waals surface area contributed by atoms with Gasteiger partial charge in [0.15, 0.2) is 5.17 Å². The Labute approximate surface area is 214 Å². The number of hydrogen-bond acceptors (Lipinski definition) is 7. The number of benzene rings is 1. The minimum atomic E-state index is -0.385. The fourth-order valence-electron chi connectivity index (χ4n) is 5.09. The molecule has 4 heterocycles. The molecule has 0 spiro atoms. The van der Waals surface area contributed by atoms with Crippen molar-refractivity contribution in [3.05, 3.63) is 80.7 Å². The summed E-state index contributed by atoms with van der Waals surface area (Å²) in [5, 5.41) is 6.86. The number of piperidine rings is 1. The maximum absolute atomic E-state index is 13.3. The van der Waals surface area contributed by atoms with E-state index in [-0.39, 0.29) is 17.9 Å². The van der Waals surface area contributed by atoms with Crippen LogP contribution in [0, 0.1) is 5.92 Å². The Morgan fingerprint density at radius 1 is 1.14 bits per heavy atom. The number of likely N-dealkylation sites (tertiary alicyclic amines) is 1. The van der Waals surface area contributed by atoms with E-state index in [1.807, 2.05) is 45.0 Å². The number of nitrogens with zero attached hydrogens (tertiary/aromatic N) is 3. The molecular weight excluding hydrogens is 478 g/mol. The van der Waals surface area contributed by atoms with Crippen LogP contribution in [0.3, 0.4) is 0 Å². The van der Waals surface area contributed by atoms with E-state index < -0.39 is 0 Å². The molecule has 35 heavy (non-hydrogen) atoms. The van der Waals surface area contributed by atoms with Gasteiger partial charge in [-0.1, -0.05) is 42.1 Å². The highest BCUT2D eigenvalue weighted by atomic mass is 32.2. The van der Waals surface area contributed by atoms with Crippen molar-refractivity contribution in [2.75, 3.05) is 20.2 Å². The van der Waals surface area contributed by atoms with Crippen molar-refractivity contribution in [2.24, 2.45) is 10.9 Å². The largest absolute Gasteiger partial charge is 0.466 e. The molecule has 1 aromatic heterocycles. The Kier molecular flexibility index (Phi) is 7.11. The number of ether oxygens (including phenoxy) is 1. The van der Waals surface area contributed by atoms with E-state index in [1.54, 1.807) is 11.3 Å². The van der Waals surface area contributed by atoms with Crippen molar-refractivity contribution >= 4 is 40.1 Å². The van der Waals surface area contributed by atoms with Gasteiger partial charge in [0, 0.05) is 18.8 Å². The molecule has 2 aromatic rings. The number of fused-ring (bicyclic) bond motifs is 1. The number of allylic oxidation sites excluding steroid dienone is 1. The normalized spacial score (nSPS) is 20.5. The summed E-state index contributed by atoms with van der Waals surface area (Å²) in [4.78, 5) is 34.8. The van der Waals surface area contributed by atoms with Crippen LogP contribution >= 0.6 is 23.1 Å². The van der Waals surface area contributed by atoms with Gasteiger partial charge in [-0.3, -0.25) is 4.79 Å². The van der Waals surface area contributed by atoms with Gasteiger partial charge in [0.05, 0.1) is 30.8 Å². The standard InChI is InChI=1S/C27H29N3O3S2/c1-18-24(26(32)33-2)25(21-10-13-34-16-21)30-22(17-35-27(30)28-18)15-23(31)29-11-8-20(9-12-29)14-19-6-4-3-5-7-19/h3-7,10,13,16-17,20,25H,8-9,11-12,14-15H2,1-2H3. The molecule has 3 aliphatic heterocycles. The molecule has 8 heteroatoms.